The van der Waals surface area contributed by atoms with Gasteiger partial charge in [0.2, 0.25) is 0 Å². The third kappa shape index (κ3) is 3.08. The van der Waals surface area contributed by atoms with Gasteiger partial charge in [0.25, 0.3) is 5.91 Å². The lowest BCUT2D eigenvalue weighted by Gasteiger charge is -2.07. The second-order valence-corrected chi connectivity index (χ2v) is 4.45. The van der Waals surface area contributed by atoms with Gasteiger partial charge in [-0.05, 0) is 37.6 Å². The first-order valence-corrected chi connectivity index (χ1v) is 6.66. The summed E-state index contributed by atoms with van der Waals surface area (Å²) in [6.45, 7) is 4.38. The minimum atomic E-state index is -0.638. The summed E-state index contributed by atoms with van der Waals surface area (Å²) in [5.74, 6) is -1.06. The number of benzene rings is 1. The number of rotatable bonds is 4. The molecule has 0 saturated heterocycles. The number of carbonyl (C=O) groups excluding carboxylic acids is 1. The SMILES string of the molecule is CCc1cc(C(=O)Nc2ccc(C#N)cc2F)n(CC)n1. The van der Waals surface area contributed by atoms with Crippen LogP contribution in [0.3, 0.4) is 0 Å². The molecule has 1 N–H and O–H groups in total. The molecule has 0 aliphatic heterocycles. The highest BCUT2D eigenvalue weighted by molar-refractivity contribution is 6.03. The van der Waals surface area contributed by atoms with E-state index in [1.165, 1.54) is 12.1 Å². The summed E-state index contributed by atoms with van der Waals surface area (Å²) >= 11 is 0. The van der Waals surface area contributed by atoms with Crippen LogP contribution in [0.2, 0.25) is 0 Å². The quantitative estimate of drug-likeness (QED) is 0.939. The van der Waals surface area contributed by atoms with Crippen LogP contribution in [0.5, 0.6) is 0 Å². The van der Waals surface area contributed by atoms with Crippen molar-refractivity contribution < 1.29 is 9.18 Å². The number of nitriles is 1. The summed E-state index contributed by atoms with van der Waals surface area (Å²) in [6.07, 6.45) is 0.721. The van der Waals surface area contributed by atoms with E-state index >= 15 is 0 Å². The molecule has 0 aliphatic carbocycles. The molecule has 0 unspecified atom stereocenters. The van der Waals surface area contributed by atoms with E-state index in [9.17, 15) is 9.18 Å². The molecule has 0 fully saturated rings. The Balaban J connectivity index is 2.26. The molecule has 6 heteroatoms. The third-order valence-corrected chi connectivity index (χ3v) is 3.07. The van der Waals surface area contributed by atoms with Crippen LogP contribution in [0.4, 0.5) is 10.1 Å². The van der Waals surface area contributed by atoms with Crippen LogP contribution in [0, 0.1) is 17.1 Å². The molecule has 0 bridgehead atoms. The van der Waals surface area contributed by atoms with Crippen molar-refractivity contribution in [2.45, 2.75) is 26.8 Å². The Morgan fingerprint density at radius 2 is 2.19 bits per heavy atom. The molecule has 2 aromatic rings. The lowest BCUT2D eigenvalue weighted by molar-refractivity contribution is 0.101. The average Bonchev–Trinajstić information content (AvgIpc) is 2.92. The molecule has 1 aromatic heterocycles. The zero-order valence-electron chi connectivity index (χ0n) is 11.9. The van der Waals surface area contributed by atoms with E-state index in [1.54, 1.807) is 10.7 Å². The molecule has 108 valence electrons. The Labute approximate surface area is 122 Å². The topological polar surface area (TPSA) is 70.7 Å². The first-order chi connectivity index (χ1) is 10.1. The van der Waals surface area contributed by atoms with E-state index in [-0.39, 0.29) is 11.3 Å². The lowest BCUT2D eigenvalue weighted by Crippen LogP contribution is -2.18. The zero-order valence-corrected chi connectivity index (χ0v) is 11.9. The van der Waals surface area contributed by atoms with Gasteiger partial charge in [-0.25, -0.2) is 4.39 Å². The maximum absolute atomic E-state index is 13.8. The van der Waals surface area contributed by atoms with Gasteiger partial charge in [0, 0.05) is 6.54 Å². The number of nitrogens with one attached hydrogen (secondary N) is 1. The van der Waals surface area contributed by atoms with Crippen LogP contribution in [0.25, 0.3) is 0 Å². The van der Waals surface area contributed by atoms with E-state index in [0.717, 1.165) is 18.2 Å². The first-order valence-electron chi connectivity index (χ1n) is 6.66. The van der Waals surface area contributed by atoms with Crippen LogP contribution in [0.15, 0.2) is 24.3 Å². The number of aryl methyl sites for hydroxylation is 2. The van der Waals surface area contributed by atoms with E-state index < -0.39 is 11.7 Å². The molecule has 0 radical (unpaired) electrons. The molecule has 0 spiro atoms. The van der Waals surface area contributed by atoms with E-state index in [0.29, 0.717) is 12.2 Å². The van der Waals surface area contributed by atoms with E-state index in [4.69, 9.17) is 5.26 Å². The number of hydrogen-bond donors (Lipinski definition) is 1. The Morgan fingerprint density at radius 1 is 1.43 bits per heavy atom. The van der Waals surface area contributed by atoms with Gasteiger partial charge in [-0.3, -0.25) is 9.48 Å². The minimum Gasteiger partial charge on any atom is -0.318 e. The van der Waals surface area contributed by atoms with Gasteiger partial charge in [0.15, 0.2) is 0 Å². The number of halogens is 1. The van der Waals surface area contributed by atoms with Gasteiger partial charge in [-0.15, -0.1) is 0 Å². The standard InChI is InChI=1S/C15H15FN4O/c1-3-11-8-14(20(4-2)19-11)15(21)18-13-6-5-10(9-17)7-12(13)16/h5-8H,3-4H2,1-2H3,(H,18,21). The van der Waals surface area contributed by atoms with Crippen LogP contribution in [-0.2, 0) is 13.0 Å². The van der Waals surface area contributed by atoms with Crippen LogP contribution in [-0.4, -0.2) is 15.7 Å². The fourth-order valence-corrected chi connectivity index (χ4v) is 1.94. The smallest absolute Gasteiger partial charge is 0.274 e. The van der Waals surface area contributed by atoms with Gasteiger partial charge in [0.05, 0.1) is 23.0 Å². The highest BCUT2D eigenvalue weighted by Gasteiger charge is 2.15. The molecule has 0 aliphatic rings. The summed E-state index contributed by atoms with van der Waals surface area (Å²) < 4.78 is 15.4. The number of nitrogens with zero attached hydrogens (tertiary/aromatic N) is 3. The molecule has 0 atom stereocenters. The molecule has 1 amide bonds. The van der Waals surface area contributed by atoms with Gasteiger partial charge in [-0.2, -0.15) is 10.4 Å². The highest BCUT2D eigenvalue weighted by atomic mass is 19.1. The predicted octanol–water partition coefficient (Wildman–Crippen LogP) is 2.73. The Hall–Kier alpha value is -2.68. The maximum Gasteiger partial charge on any atom is 0.274 e. The molecule has 1 heterocycles. The van der Waals surface area contributed by atoms with Crippen LogP contribution >= 0.6 is 0 Å². The Bertz CT molecular complexity index is 715. The van der Waals surface area contributed by atoms with Crippen molar-refractivity contribution >= 4 is 11.6 Å². The van der Waals surface area contributed by atoms with E-state index in [1.807, 2.05) is 19.9 Å². The monoisotopic (exact) mass is 286 g/mol. The van der Waals surface area contributed by atoms with Crippen molar-refractivity contribution in [2.24, 2.45) is 0 Å². The third-order valence-electron chi connectivity index (χ3n) is 3.07. The normalized spacial score (nSPS) is 10.2. The number of carbonyl (C=O) groups is 1. The van der Waals surface area contributed by atoms with Gasteiger partial charge < -0.3 is 5.32 Å². The van der Waals surface area contributed by atoms with Gasteiger partial charge in [-0.1, -0.05) is 6.92 Å². The summed E-state index contributed by atoms with van der Waals surface area (Å²) in [4.78, 5) is 12.2. The fraction of sp³-hybridized carbons (Fsp3) is 0.267. The first kappa shape index (κ1) is 14.7. The zero-order chi connectivity index (χ0) is 15.4. The highest BCUT2D eigenvalue weighted by Crippen LogP contribution is 2.17. The van der Waals surface area contributed by atoms with Crippen molar-refractivity contribution in [1.82, 2.24) is 9.78 Å². The second-order valence-electron chi connectivity index (χ2n) is 4.45. The van der Waals surface area contributed by atoms with Crippen molar-refractivity contribution in [3.05, 3.63) is 47.0 Å². The number of aromatic nitrogens is 2. The van der Waals surface area contributed by atoms with Crippen molar-refractivity contribution in [3.63, 3.8) is 0 Å². The molecule has 5 nitrogen and oxygen atoms in total. The van der Waals surface area contributed by atoms with Crippen LogP contribution < -0.4 is 5.32 Å². The van der Waals surface area contributed by atoms with Crippen molar-refractivity contribution in [2.75, 3.05) is 5.32 Å². The lowest BCUT2D eigenvalue weighted by atomic mass is 10.2. The molecular weight excluding hydrogens is 271 g/mol. The Kier molecular flexibility index (Phi) is 4.33. The molecule has 1 aromatic carbocycles. The predicted molar refractivity (Wildman–Crippen MR) is 76.3 cm³/mol. The second kappa shape index (κ2) is 6.18. The summed E-state index contributed by atoms with van der Waals surface area (Å²) in [6, 6.07) is 7.45. The summed E-state index contributed by atoms with van der Waals surface area (Å²) in [5.41, 5.74) is 1.44. The summed E-state index contributed by atoms with van der Waals surface area (Å²) in [7, 11) is 0. The van der Waals surface area contributed by atoms with Gasteiger partial charge in [0.1, 0.15) is 11.5 Å². The van der Waals surface area contributed by atoms with Gasteiger partial charge >= 0.3 is 0 Å². The van der Waals surface area contributed by atoms with E-state index in [2.05, 4.69) is 10.4 Å². The number of hydrogen-bond acceptors (Lipinski definition) is 3. The largest absolute Gasteiger partial charge is 0.318 e. The van der Waals surface area contributed by atoms with Crippen molar-refractivity contribution in [1.29, 1.82) is 5.26 Å². The van der Waals surface area contributed by atoms with Crippen LogP contribution in [0.1, 0.15) is 35.6 Å². The fourth-order valence-electron chi connectivity index (χ4n) is 1.94. The Morgan fingerprint density at radius 3 is 2.76 bits per heavy atom. The average molecular weight is 286 g/mol. The minimum absolute atomic E-state index is 0.0425. The molecule has 21 heavy (non-hydrogen) atoms. The van der Waals surface area contributed by atoms with Crippen molar-refractivity contribution in [3.8, 4) is 6.07 Å². The number of anilines is 1. The number of amides is 1. The molecular formula is C15H15FN4O. The molecule has 2 rings (SSSR count). The summed E-state index contributed by atoms with van der Waals surface area (Å²) in [5, 5.41) is 15.5. The maximum atomic E-state index is 13.8. The molecule has 0 saturated carbocycles.